The predicted molar refractivity (Wildman–Crippen MR) is 47.0 cm³/mol. The van der Waals surface area contributed by atoms with Crippen molar-refractivity contribution in [3.8, 4) is 0 Å². The molecule has 0 aliphatic heterocycles. The smallest absolute Gasteiger partial charge is 0.339 e. The SMILES string of the molecule is O=C(O)c1c(Br)ccc(CO)c1F. The van der Waals surface area contributed by atoms with Gasteiger partial charge in [-0.05, 0) is 22.0 Å². The molecule has 0 aliphatic carbocycles. The lowest BCUT2D eigenvalue weighted by Gasteiger charge is -2.04. The fourth-order valence-corrected chi connectivity index (χ4v) is 1.39. The molecule has 5 heteroatoms. The van der Waals surface area contributed by atoms with E-state index >= 15 is 0 Å². The predicted octanol–water partition coefficient (Wildman–Crippen LogP) is 1.78. The summed E-state index contributed by atoms with van der Waals surface area (Å²) in [5, 5.41) is 17.3. The molecule has 0 spiro atoms. The maximum absolute atomic E-state index is 13.2. The molecule has 0 bridgehead atoms. The van der Waals surface area contributed by atoms with Crippen LogP contribution < -0.4 is 0 Å². The molecule has 0 aliphatic rings. The molecule has 3 nitrogen and oxygen atoms in total. The van der Waals surface area contributed by atoms with E-state index in [9.17, 15) is 9.18 Å². The van der Waals surface area contributed by atoms with Crippen molar-refractivity contribution in [1.82, 2.24) is 0 Å². The van der Waals surface area contributed by atoms with Crippen molar-refractivity contribution in [1.29, 1.82) is 0 Å². The zero-order chi connectivity index (χ0) is 10.0. The minimum absolute atomic E-state index is 0.0272. The third kappa shape index (κ3) is 1.87. The number of aliphatic hydroxyl groups is 1. The highest BCUT2D eigenvalue weighted by atomic mass is 79.9. The summed E-state index contributed by atoms with van der Waals surface area (Å²) >= 11 is 2.91. The van der Waals surface area contributed by atoms with Gasteiger partial charge >= 0.3 is 5.97 Å². The van der Waals surface area contributed by atoms with E-state index in [4.69, 9.17) is 10.2 Å². The van der Waals surface area contributed by atoms with Gasteiger partial charge in [-0.25, -0.2) is 9.18 Å². The van der Waals surface area contributed by atoms with Gasteiger partial charge in [-0.3, -0.25) is 0 Å². The van der Waals surface area contributed by atoms with Crippen molar-refractivity contribution in [3.05, 3.63) is 33.5 Å². The highest BCUT2D eigenvalue weighted by molar-refractivity contribution is 9.10. The first kappa shape index (κ1) is 10.1. The molecule has 2 N–H and O–H groups in total. The number of hydrogen-bond acceptors (Lipinski definition) is 2. The molecular formula is C8H6BrFO3. The molecular weight excluding hydrogens is 243 g/mol. The summed E-state index contributed by atoms with van der Waals surface area (Å²) in [5.41, 5.74) is -0.479. The molecule has 70 valence electrons. The number of rotatable bonds is 2. The van der Waals surface area contributed by atoms with Gasteiger partial charge in [0.2, 0.25) is 0 Å². The Morgan fingerprint density at radius 3 is 2.62 bits per heavy atom. The number of aromatic carboxylic acids is 1. The Hall–Kier alpha value is -0.940. The van der Waals surface area contributed by atoms with Crippen LogP contribution in [-0.4, -0.2) is 16.2 Å². The average Bonchev–Trinajstić information content (AvgIpc) is 2.04. The number of carboxylic acids is 1. The topological polar surface area (TPSA) is 57.5 Å². The van der Waals surface area contributed by atoms with Crippen LogP contribution in [0.1, 0.15) is 15.9 Å². The minimum Gasteiger partial charge on any atom is -0.478 e. The second-order valence-corrected chi connectivity index (χ2v) is 3.21. The highest BCUT2D eigenvalue weighted by Gasteiger charge is 2.17. The van der Waals surface area contributed by atoms with Crippen LogP contribution in [0.3, 0.4) is 0 Å². The summed E-state index contributed by atoms with van der Waals surface area (Å²) in [6.45, 7) is -0.514. The van der Waals surface area contributed by atoms with E-state index in [1.807, 2.05) is 0 Å². The molecule has 0 radical (unpaired) electrons. The lowest BCUT2D eigenvalue weighted by Crippen LogP contribution is -2.05. The molecule has 0 heterocycles. The van der Waals surface area contributed by atoms with Crippen LogP contribution in [0.15, 0.2) is 16.6 Å². The molecule has 0 saturated carbocycles. The van der Waals surface area contributed by atoms with Gasteiger partial charge in [0, 0.05) is 10.0 Å². The number of carbonyl (C=O) groups is 1. The van der Waals surface area contributed by atoms with E-state index in [-0.39, 0.29) is 10.0 Å². The van der Waals surface area contributed by atoms with E-state index < -0.39 is 24.0 Å². The molecule has 1 aromatic rings. The molecule has 1 aromatic carbocycles. The monoisotopic (exact) mass is 248 g/mol. The van der Waals surface area contributed by atoms with Crippen molar-refractivity contribution in [2.24, 2.45) is 0 Å². The quantitative estimate of drug-likeness (QED) is 0.839. The van der Waals surface area contributed by atoms with E-state index in [1.54, 1.807) is 0 Å². The summed E-state index contributed by atoms with van der Waals surface area (Å²) in [7, 11) is 0. The molecule has 0 fully saturated rings. The van der Waals surface area contributed by atoms with E-state index in [1.165, 1.54) is 12.1 Å². The summed E-state index contributed by atoms with van der Waals surface area (Å²) in [5.74, 6) is -2.26. The summed E-state index contributed by atoms with van der Waals surface area (Å²) in [6, 6.07) is 2.71. The second kappa shape index (κ2) is 3.85. The van der Waals surface area contributed by atoms with Gasteiger partial charge in [-0.2, -0.15) is 0 Å². The molecule has 0 atom stereocenters. The second-order valence-electron chi connectivity index (χ2n) is 2.36. The van der Waals surface area contributed by atoms with Crippen LogP contribution in [0.5, 0.6) is 0 Å². The summed E-state index contributed by atoms with van der Waals surface area (Å²) in [4.78, 5) is 10.6. The molecule has 0 aromatic heterocycles. The third-order valence-electron chi connectivity index (χ3n) is 1.56. The van der Waals surface area contributed by atoms with Gasteiger partial charge in [0.1, 0.15) is 11.4 Å². The van der Waals surface area contributed by atoms with Crippen LogP contribution >= 0.6 is 15.9 Å². The van der Waals surface area contributed by atoms with E-state index in [0.29, 0.717) is 0 Å². The van der Waals surface area contributed by atoms with E-state index in [2.05, 4.69) is 15.9 Å². The molecule has 1 rings (SSSR count). The van der Waals surface area contributed by atoms with Crippen molar-refractivity contribution < 1.29 is 19.4 Å². The Morgan fingerprint density at radius 2 is 2.15 bits per heavy atom. The van der Waals surface area contributed by atoms with E-state index in [0.717, 1.165) is 0 Å². The van der Waals surface area contributed by atoms with Crippen LogP contribution in [0.25, 0.3) is 0 Å². The minimum atomic E-state index is -1.36. The Morgan fingerprint density at radius 1 is 1.54 bits per heavy atom. The third-order valence-corrected chi connectivity index (χ3v) is 2.22. The Kier molecular flexibility index (Phi) is 3.00. The maximum atomic E-state index is 13.2. The largest absolute Gasteiger partial charge is 0.478 e. The van der Waals surface area contributed by atoms with Gasteiger partial charge in [0.25, 0.3) is 0 Å². The number of benzene rings is 1. The van der Waals surface area contributed by atoms with Crippen LogP contribution in [0.4, 0.5) is 4.39 Å². The summed E-state index contributed by atoms with van der Waals surface area (Å²) < 4.78 is 13.4. The number of halogens is 2. The van der Waals surface area contributed by atoms with Crippen LogP contribution in [0, 0.1) is 5.82 Å². The van der Waals surface area contributed by atoms with Crippen molar-refractivity contribution in [3.63, 3.8) is 0 Å². The molecule has 0 saturated heterocycles. The number of aliphatic hydroxyl groups excluding tert-OH is 1. The maximum Gasteiger partial charge on any atom is 0.339 e. The Labute approximate surface area is 81.9 Å². The molecule has 0 unspecified atom stereocenters. The van der Waals surface area contributed by atoms with Crippen molar-refractivity contribution in [2.75, 3.05) is 0 Å². The first-order chi connectivity index (χ1) is 6.07. The fraction of sp³-hybridized carbons (Fsp3) is 0.125. The molecule has 13 heavy (non-hydrogen) atoms. The van der Waals surface area contributed by atoms with Gasteiger partial charge in [0.05, 0.1) is 6.61 Å². The van der Waals surface area contributed by atoms with Crippen LogP contribution in [0.2, 0.25) is 0 Å². The van der Waals surface area contributed by atoms with Gasteiger partial charge in [-0.1, -0.05) is 6.07 Å². The Bertz CT molecular complexity index is 351. The number of hydrogen-bond donors (Lipinski definition) is 2. The normalized spacial score (nSPS) is 10.1. The zero-order valence-corrected chi connectivity index (χ0v) is 8.01. The fourth-order valence-electron chi connectivity index (χ4n) is 0.914. The Balaban J connectivity index is 3.38. The van der Waals surface area contributed by atoms with Gasteiger partial charge < -0.3 is 10.2 Å². The highest BCUT2D eigenvalue weighted by Crippen LogP contribution is 2.22. The van der Waals surface area contributed by atoms with Crippen LogP contribution in [-0.2, 0) is 6.61 Å². The first-order valence-corrected chi connectivity index (χ1v) is 4.18. The lowest BCUT2D eigenvalue weighted by atomic mass is 10.1. The first-order valence-electron chi connectivity index (χ1n) is 3.39. The number of carboxylic acid groups (broad SMARTS) is 1. The van der Waals surface area contributed by atoms with Crippen molar-refractivity contribution >= 4 is 21.9 Å². The van der Waals surface area contributed by atoms with Gasteiger partial charge in [0.15, 0.2) is 0 Å². The molecule has 0 amide bonds. The average molecular weight is 249 g/mol. The standard InChI is InChI=1S/C8H6BrFO3/c9-5-2-1-4(3-11)7(10)6(5)8(12)13/h1-2,11H,3H2,(H,12,13). The van der Waals surface area contributed by atoms with Gasteiger partial charge in [-0.15, -0.1) is 0 Å². The summed E-state index contributed by atoms with van der Waals surface area (Å²) in [6.07, 6.45) is 0. The lowest BCUT2D eigenvalue weighted by molar-refractivity contribution is 0.0690. The van der Waals surface area contributed by atoms with Crippen molar-refractivity contribution in [2.45, 2.75) is 6.61 Å². The zero-order valence-electron chi connectivity index (χ0n) is 6.42.